The number of rotatable bonds is 6. The predicted octanol–water partition coefficient (Wildman–Crippen LogP) is 0.597. The van der Waals surface area contributed by atoms with Gasteiger partial charge in [-0.2, -0.15) is 0 Å². The SMILES string of the molecule is CCN(CC)CCCS(=O)[O-]. The van der Waals surface area contributed by atoms with Gasteiger partial charge in [0.15, 0.2) is 0 Å². The highest BCUT2D eigenvalue weighted by Gasteiger charge is 1.96. The first-order valence-corrected chi connectivity index (χ1v) is 5.23. The Hall–Kier alpha value is 0.0700. The summed E-state index contributed by atoms with van der Waals surface area (Å²) in [5, 5.41) is 0. The quantitative estimate of drug-likeness (QED) is 0.559. The molecule has 0 saturated heterocycles. The monoisotopic (exact) mass is 178 g/mol. The molecule has 0 amide bonds. The molecule has 0 aliphatic heterocycles. The predicted molar refractivity (Wildman–Crippen MR) is 46.2 cm³/mol. The molecule has 0 aliphatic carbocycles. The lowest BCUT2D eigenvalue weighted by Crippen LogP contribution is -2.24. The highest BCUT2D eigenvalue weighted by Crippen LogP contribution is 1.91. The molecular formula is C7H16NO2S-. The Bertz CT molecular complexity index is 115. The molecule has 11 heavy (non-hydrogen) atoms. The molecule has 0 N–H and O–H groups in total. The van der Waals surface area contributed by atoms with Gasteiger partial charge in [0, 0.05) is 5.75 Å². The van der Waals surface area contributed by atoms with E-state index in [4.69, 9.17) is 0 Å². The van der Waals surface area contributed by atoms with Crippen LogP contribution in [0.1, 0.15) is 20.3 Å². The van der Waals surface area contributed by atoms with Crippen molar-refractivity contribution in [1.82, 2.24) is 4.90 Å². The molecule has 0 heterocycles. The van der Waals surface area contributed by atoms with Crippen LogP contribution in [0, 0.1) is 0 Å². The van der Waals surface area contributed by atoms with E-state index in [1.165, 1.54) is 0 Å². The minimum absolute atomic E-state index is 0.288. The summed E-state index contributed by atoms with van der Waals surface area (Å²) in [6.07, 6.45) is 0.748. The maximum atomic E-state index is 10.1. The summed E-state index contributed by atoms with van der Waals surface area (Å²) < 4.78 is 20.3. The first kappa shape index (κ1) is 11.1. The Morgan fingerprint density at radius 1 is 1.36 bits per heavy atom. The van der Waals surface area contributed by atoms with Crippen molar-refractivity contribution in [3.63, 3.8) is 0 Å². The first-order chi connectivity index (χ1) is 5.20. The molecule has 0 rings (SSSR count). The van der Waals surface area contributed by atoms with Crippen LogP contribution in [-0.2, 0) is 11.1 Å². The fourth-order valence-corrected chi connectivity index (χ4v) is 1.31. The standard InChI is InChI=1S/C7H17NO2S/c1-3-8(4-2)6-5-7-11(9)10/h3-7H2,1-2H3,(H,9,10)/p-1. The molecule has 0 saturated carbocycles. The lowest BCUT2D eigenvalue weighted by Gasteiger charge is -2.17. The van der Waals surface area contributed by atoms with E-state index in [-0.39, 0.29) is 5.75 Å². The van der Waals surface area contributed by atoms with Gasteiger partial charge >= 0.3 is 0 Å². The summed E-state index contributed by atoms with van der Waals surface area (Å²) in [5.74, 6) is 0.288. The van der Waals surface area contributed by atoms with Crippen LogP contribution in [0.3, 0.4) is 0 Å². The third kappa shape index (κ3) is 6.47. The van der Waals surface area contributed by atoms with Crippen molar-refractivity contribution in [3.05, 3.63) is 0 Å². The van der Waals surface area contributed by atoms with Crippen molar-refractivity contribution in [1.29, 1.82) is 0 Å². The molecule has 4 heteroatoms. The van der Waals surface area contributed by atoms with E-state index in [2.05, 4.69) is 18.7 Å². The van der Waals surface area contributed by atoms with E-state index in [0.717, 1.165) is 26.1 Å². The Balaban J connectivity index is 3.28. The maximum Gasteiger partial charge on any atom is 0.0114 e. The van der Waals surface area contributed by atoms with E-state index in [1.807, 2.05) is 0 Å². The summed E-state index contributed by atoms with van der Waals surface area (Å²) in [5.41, 5.74) is 0. The number of hydrogen-bond donors (Lipinski definition) is 0. The normalized spacial score (nSPS) is 13.8. The van der Waals surface area contributed by atoms with Crippen LogP contribution in [0.25, 0.3) is 0 Å². The van der Waals surface area contributed by atoms with Gasteiger partial charge in [-0.25, -0.2) is 0 Å². The average Bonchev–Trinajstić information content (AvgIpc) is 1.98. The van der Waals surface area contributed by atoms with Gasteiger partial charge in [-0.3, -0.25) is 4.21 Å². The number of hydrogen-bond acceptors (Lipinski definition) is 3. The van der Waals surface area contributed by atoms with Gasteiger partial charge in [0.05, 0.1) is 0 Å². The Kier molecular flexibility index (Phi) is 6.80. The summed E-state index contributed by atoms with van der Waals surface area (Å²) in [6.45, 7) is 7.06. The largest absolute Gasteiger partial charge is 0.772 e. The molecule has 0 aromatic rings. The lowest BCUT2D eigenvalue weighted by atomic mass is 10.4. The topological polar surface area (TPSA) is 43.4 Å². The zero-order valence-corrected chi connectivity index (χ0v) is 8.02. The second kappa shape index (κ2) is 6.76. The molecule has 68 valence electrons. The Labute approximate surface area is 71.1 Å². The third-order valence-electron chi connectivity index (χ3n) is 1.68. The molecule has 0 aromatic heterocycles. The highest BCUT2D eigenvalue weighted by molar-refractivity contribution is 7.79. The van der Waals surface area contributed by atoms with Crippen LogP contribution >= 0.6 is 0 Å². The molecule has 1 atom stereocenters. The molecule has 0 aromatic carbocycles. The second-order valence-electron chi connectivity index (χ2n) is 2.39. The van der Waals surface area contributed by atoms with Gasteiger partial charge in [0.25, 0.3) is 0 Å². The summed E-state index contributed by atoms with van der Waals surface area (Å²) in [7, 11) is 0. The second-order valence-corrected chi connectivity index (χ2v) is 3.40. The lowest BCUT2D eigenvalue weighted by molar-refractivity contribution is 0.304. The molecule has 1 unspecified atom stereocenters. The van der Waals surface area contributed by atoms with E-state index in [1.54, 1.807) is 0 Å². The highest BCUT2D eigenvalue weighted by atomic mass is 32.2. The minimum atomic E-state index is -1.86. The molecule has 3 nitrogen and oxygen atoms in total. The zero-order chi connectivity index (χ0) is 8.69. The third-order valence-corrected chi connectivity index (χ3v) is 2.30. The molecule has 0 spiro atoms. The van der Waals surface area contributed by atoms with E-state index in [0.29, 0.717) is 0 Å². The van der Waals surface area contributed by atoms with Crippen molar-refractivity contribution >= 4 is 11.1 Å². The van der Waals surface area contributed by atoms with Crippen LogP contribution in [0.5, 0.6) is 0 Å². The minimum Gasteiger partial charge on any atom is -0.772 e. The molecule has 0 bridgehead atoms. The molecule has 0 fully saturated rings. The summed E-state index contributed by atoms with van der Waals surface area (Å²) in [4.78, 5) is 2.22. The van der Waals surface area contributed by atoms with Gasteiger partial charge in [-0.05, 0) is 26.1 Å². The Morgan fingerprint density at radius 2 is 1.91 bits per heavy atom. The average molecular weight is 178 g/mol. The van der Waals surface area contributed by atoms with Gasteiger partial charge in [-0.15, -0.1) is 0 Å². The van der Waals surface area contributed by atoms with Gasteiger partial charge in [0.1, 0.15) is 0 Å². The first-order valence-electron chi connectivity index (χ1n) is 3.98. The van der Waals surface area contributed by atoms with Crippen LogP contribution < -0.4 is 0 Å². The van der Waals surface area contributed by atoms with Crippen molar-refractivity contribution in [2.75, 3.05) is 25.4 Å². The summed E-state index contributed by atoms with van der Waals surface area (Å²) in [6, 6.07) is 0. The van der Waals surface area contributed by atoms with Gasteiger partial charge < -0.3 is 9.45 Å². The van der Waals surface area contributed by atoms with Crippen molar-refractivity contribution in [2.45, 2.75) is 20.3 Å². The zero-order valence-electron chi connectivity index (χ0n) is 7.21. The van der Waals surface area contributed by atoms with Crippen molar-refractivity contribution in [2.24, 2.45) is 0 Å². The molecule has 0 aliphatic rings. The smallest absolute Gasteiger partial charge is 0.0114 e. The Morgan fingerprint density at radius 3 is 2.27 bits per heavy atom. The molecule has 0 radical (unpaired) electrons. The van der Waals surface area contributed by atoms with Gasteiger partial charge in [-0.1, -0.05) is 24.9 Å². The van der Waals surface area contributed by atoms with Crippen molar-refractivity contribution < 1.29 is 8.76 Å². The fraction of sp³-hybridized carbons (Fsp3) is 1.00. The van der Waals surface area contributed by atoms with E-state index in [9.17, 15) is 8.76 Å². The van der Waals surface area contributed by atoms with Gasteiger partial charge in [0.2, 0.25) is 0 Å². The summed E-state index contributed by atoms with van der Waals surface area (Å²) >= 11 is -1.86. The van der Waals surface area contributed by atoms with Crippen LogP contribution in [-0.4, -0.2) is 39.0 Å². The molecular weight excluding hydrogens is 162 g/mol. The van der Waals surface area contributed by atoms with Crippen molar-refractivity contribution in [3.8, 4) is 0 Å². The van der Waals surface area contributed by atoms with Crippen LogP contribution in [0.2, 0.25) is 0 Å². The van der Waals surface area contributed by atoms with Crippen LogP contribution in [0.4, 0.5) is 0 Å². The maximum absolute atomic E-state index is 10.1. The number of nitrogens with zero attached hydrogens (tertiary/aromatic N) is 1. The van der Waals surface area contributed by atoms with E-state index < -0.39 is 11.1 Å². The van der Waals surface area contributed by atoms with Crippen LogP contribution in [0.15, 0.2) is 0 Å². The fourth-order valence-electron chi connectivity index (χ4n) is 0.946. The van der Waals surface area contributed by atoms with E-state index >= 15 is 0 Å².